The van der Waals surface area contributed by atoms with E-state index in [0.29, 0.717) is 0 Å². The first kappa shape index (κ1) is 8.79. The van der Waals surface area contributed by atoms with E-state index >= 15 is 0 Å². The molecule has 0 N–H and O–H groups in total. The summed E-state index contributed by atoms with van der Waals surface area (Å²) in [7, 11) is 0. The van der Waals surface area contributed by atoms with Gasteiger partial charge in [-0.3, -0.25) is 4.90 Å². The first-order chi connectivity index (χ1) is 5.34. The maximum atomic E-state index is 2.56. The third kappa shape index (κ3) is 2.66. The summed E-state index contributed by atoms with van der Waals surface area (Å²) in [6.07, 6.45) is 8.47. The van der Waals surface area contributed by atoms with Gasteiger partial charge in [0.15, 0.2) is 0 Å². The Kier molecular flexibility index (Phi) is 3.64. The summed E-state index contributed by atoms with van der Waals surface area (Å²) in [6.45, 7) is 7.03. The lowest BCUT2D eigenvalue weighted by Crippen LogP contribution is -2.35. The standard InChI is InChI=1S/C10H19N/c1-3-7-10(2)11-8-5-4-6-9-11/h4-5,10H,3,6-9H2,1-2H3. The predicted octanol–water partition coefficient (Wildman–Crippen LogP) is 2.44. The molecule has 0 amide bonds. The van der Waals surface area contributed by atoms with Crippen LogP contribution in [0.1, 0.15) is 33.1 Å². The molecule has 0 saturated heterocycles. The van der Waals surface area contributed by atoms with Gasteiger partial charge in [0.2, 0.25) is 0 Å². The minimum Gasteiger partial charge on any atom is -0.297 e. The normalized spacial score (nSPS) is 22.0. The monoisotopic (exact) mass is 153 g/mol. The Labute approximate surface area is 70.1 Å². The maximum absolute atomic E-state index is 2.56. The molecule has 1 nitrogen and oxygen atoms in total. The summed E-state index contributed by atoms with van der Waals surface area (Å²) in [5.74, 6) is 0. The zero-order chi connectivity index (χ0) is 8.10. The number of rotatable bonds is 3. The van der Waals surface area contributed by atoms with Crippen LogP contribution in [0.3, 0.4) is 0 Å². The fraction of sp³-hybridized carbons (Fsp3) is 0.800. The molecule has 1 rings (SSSR count). The molecular formula is C10H19N. The van der Waals surface area contributed by atoms with Gasteiger partial charge in [0.05, 0.1) is 0 Å². The van der Waals surface area contributed by atoms with E-state index in [1.165, 1.54) is 32.4 Å². The molecule has 0 aliphatic carbocycles. The smallest absolute Gasteiger partial charge is 0.0166 e. The second kappa shape index (κ2) is 4.55. The van der Waals surface area contributed by atoms with Crippen molar-refractivity contribution in [2.45, 2.75) is 39.2 Å². The van der Waals surface area contributed by atoms with Crippen LogP contribution in [0.4, 0.5) is 0 Å². The van der Waals surface area contributed by atoms with Gasteiger partial charge in [0, 0.05) is 19.1 Å². The highest BCUT2D eigenvalue weighted by atomic mass is 15.1. The molecule has 11 heavy (non-hydrogen) atoms. The van der Waals surface area contributed by atoms with Gasteiger partial charge in [0.1, 0.15) is 0 Å². The van der Waals surface area contributed by atoms with Crippen molar-refractivity contribution in [2.24, 2.45) is 0 Å². The Morgan fingerprint density at radius 3 is 2.82 bits per heavy atom. The number of nitrogens with zero attached hydrogens (tertiary/aromatic N) is 1. The molecule has 1 atom stereocenters. The van der Waals surface area contributed by atoms with Crippen LogP contribution < -0.4 is 0 Å². The molecule has 1 unspecified atom stereocenters. The molecule has 0 bridgehead atoms. The van der Waals surface area contributed by atoms with Gasteiger partial charge in [0.25, 0.3) is 0 Å². The Morgan fingerprint density at radius 2 is 2.27 bits per heavy atom. The van der Waals surface area contributed by atoms with Crippen molar-refractivity contribution in [3.63, 3.8) is 0 Å². The SMILES string of the molecule is CCCC(C)N1CC=CCC1. The van der Waals surface area contributed by atoms with Crippen molar-refractivity contribution in [2.75, 3.05) is 13.1 Å². The fourth-order valence-electron chi connectivity index (χ4n) is 1.66. The quantitative estimate of drug-likeness (QED) is 0.563. The van der Waals surface area contributed by atoms with Crippen molar-refractivity contribution in [1.82, 2.24) is 4.90 Å². The van der Waals surface area contributed by atoms with Crippen molar-refractivity contribution >= 4 is 0 Å². The minimum absolute atomic E-state index is 0.782. The number of hydrogen-bond donors (Lipinski definition) is 0. The van der Waals surface area contributed by atoms with Crippen LogP contribution >= 0.6 is 0 Å². The van der Waals surface area contributed by atoms with Crippen LogP contribution in [0.15, 0.2) is 12.2 Å². The molecule has 0 aromatic carbocycles. The van der Waals surface area contributed by atoms with Crippen LogP contribution in [0, 0.1) is 0 Å². The van der Waals surface area contributed by atoms with E-state index in [-0.39, 0.29) is 0 Å². The summed E-state index contributed by atoms with van der Waals surface area (Å²) < 4.78 is 0. The zero-order valence-corrected chi connectivity index (χ0v) is 7.71. The molecule has 0 fully saturated rings. The highest BCUT2D eigenvalue weighted by Crippen LogP contribution is 2.10. The summed E-state index contributed by atoms with van der Waals surface area (Å²) in [4.78, 5) is 2.56. The van der Waals surface area contributed by atoms with Crippen LogP contribution in [-0.2, 0) is 0 Å². The van der Waals surface area contributed by atoms with Gasteiger partial charge in [-0.1, -0.05) is 25.5 Å². The highest BCUT2D eigenvalue weighted by molar-refractivity contribution is 4.92. The van der Waals surface area contributed by atoms with Crippen molar-refractivity contribution < 1.29 is 0 Å². The molecular weight excluding hydrogens is 134 g/mol. The van der Waals surface area contributed by atoms with Gasteiger partial charge in [-0.15, -0.1) is 0 Å². The van der Waals surface area contributed by atoms with Crippen LogP contribution in [0.5, 0.6) is 0 Å². The summed E-state index contributed by atoms with van der Waals surface area (Å²) in [6, 6.07) is 0.782. The van der Waals surface area contributed by atoms with Crippen LogP contribution in [0.25, 0.3) is 0 Å². The lowest BCUT2D eigenvalue weighted by atomic mass is 10.1. The molecule has 1 heteroatoms. The van der Waals surface area contributed by atoms with Crippen molar-refractivity contribution in [3.05, 3.63) is 12.2 Å². The third-order valence-electron chi connectivity index (χ3n) is 2.42. The summed E-state index contributed by atoms with van der Waals surface area (Å²) >= 11 is 0. The largest absolute Gasteiger partial charge is 0.297 e. The first-order valence-corrected chi connectivity index (χ1v) is 4.73. The third-order valence-corrected chi connectivity index (χ3v) is 2.42. The van der Waals surface area contributed by atoms with E-state index < -0.39 is 0 Å². The molecule has 0 saturated carbocycles. The number of hydrogen-bond acceptors (Lipinski definition) is 1. The first-order valence-electron chi connectivity index (χ1n) is 4.73. The molecule has 1 aliphatic rings. The molecule has 64 valence electrons. The average Bonchev–Trinajstić information content (AvgIpc) is 2.07. The molecule has 1 aliphatic heterocycles. The Hall–Kier alpha value is -0.300. The summed E-state index contributed by atoms with van der Waals surface area (Å²) in [5, 5.41) is 0. The van der Waals surface area contributed by atoms with E-state index in [4.69, 9.17) is 0 Å². The van der Waals surface area contributed by atoms with E-state index in [0.717, 1.165) is 6.04 Å². The lowest BCUT2D eigenvalue weighted by Gasteiger charge is -2.29. The summed E-state index contributed by atoms with van der Waals surface area (Å²) in [5.41, 5.74) is 0. The molecule has 0 radical (unpaired) electrons. The second-order valence-corrected chi connectivity index (χ2v) is 3.39. The molecule has 1 heterocycles. The minimum atomic E-state index is 0.782. The van der Waals surface area contributed by atoms with Gasteiger partial charge < -0.3 is 0 Å². The van der Waals surface area contributed by atoms with E-state index in [2.05, 4.69) is 30.9 Å². The van der Waals surface area contributed by atoms with Gasteiger partial charge in [-0.2, -0.15) is 0 Å². The molecule has 0 spiro atoms. The lowest BCUT2D eigenvalue weighted by molar-refractivity contribution is 0.217. The van der Waals surface area contributed by atoms with Gasteiger partial charge in [-0.05, 0) is 19.8 Å². The Bertz CT molecular complexity index is 129. The van der Waals surface area contributed by atoms with Gasteiger partial charge in [-0.25, -0.2) is 0 Å². The van der Waals surface area contributed by atoms with Gasteiger partial charge >= 0.3 is 0 Å². The van der Waals surface area contributed by atoms with E-state index in [9.17, 15) is 0 Å². The van der Waals surface area contributed by atoms with E-state index in [1.54, 1.807) is 0 Å². The Morgan fingerprint density at radius 1 is 1.45 bits per heavy atom. The maximum Gasteiger partial charge on any atom is 0.0166 e. The van der Waals surface area contributed by atoms with Crippen LogP contribution in [0.2, 0.25) is 0 Å². The fourth-order valence-corrected chi connectivity index (χ4v) is 1.66. The zero-order valence-electron chi connectivity index (χ0n) is 7.71. The highest BCUT2D eigenvalue weighted by Gasteiger charge is 2.12. The molecule has 0 aromatic heterocycles. The Balaban J connectivity index is 2.28. The molecule has 0 aromatic rings. The van der Waals surface area contributed by atoms with Crippen molar-refractivity contribution in [1.29, 1.82) is 0 Å². The van der Waals surface area contributed by atoms with Crippen molar-refractivity contribution in [3.8, 4) is 0 Å². The topological polar surface area (TPSA) is 3.24 Å². The van der Waals surface area contributed by atoms with Crippen LogP contribution in [-0.4, -0.2) is 24.0 Å². The van der Waals surface area contributed by atoms with E-state index in [1.807, 2.05) is 0 Å². The predicted molar refractivity (Wildman–Crippen MR) is 49.7 cm³/mol. The average molecular weight is 153 g/mol. The second-order valence-electron chi connectivity index (χ2n) is 3.39.